The maximum atomic E-state index is 12.3. The molecule has 0 saturated carbocycles. The number of aromatic hydroxyl groups is 2. The van der Waals surface area contributed by atoms with Crippen molar-refractivity contribution in [3.05, 3.63) is 33.4 Å². The lowest BCUT2D eigenvalue weighted by atomic mass is 9.74. The van der Waals surface area contributed by atoms with Gasteiger partial charge < -0.3 is 14.9 Å². The third kappa shape index (κ3) is 11.4. The van der Waals surface area contributed by atoms with Gasteiger partial charge in [-0.05, 0) is 76.0 Å². The molecule has 0 spiro atoms. The molecule has 0 saturated heterocycles. The molecule has 0 amide bonds. The van der Waals surface area contributed by atoms with E-state index in [4.69, 9.17) is 4.74 Å². The van der Waals surface area contributed by atoms with E-state index in [9.17, 15) is 19.8 Å². The first-order valence-corrected chi connectivity index (χ1v) is 18.2. The lowest BCUT2D eigenvalue weighted by molar-refractivity contribution is 0.113. The zero-order valence-electron chi connectivity index (χ0n) is 29.6. The maximum Gasteiger partial charge on any atom is 0.331 e. The molecule has 0 fully saturated rings. The summed E-state index contributed by atoms with van der Waals surface area (Å²) in [6.07, 6.45) is 21.0. The topological polar surface area (TPSA) is 104 Å². The predicted molar refractivity (Wildman–Crippen MR) is 184 cm³/mol. The molecule has 2 rings (SSSR count). The van der Waals surface area contributed by atoms with E-state index in [2.05, 4.69) is 27.7 Å². The van der Waals surface area contributed by atoms with Gasteiger partial charge in [-0.3, -0.25) is 18.3 Å². The quantitative estimate of drug-likeness (QED) is 0.102. The van der Waals surface area contributed by atoms with Crippen LogP contribution in [0.25, 0.3) is 0 Å². The first-order valence-electron chi connectivity index (χ1n) is 18.2. The first kappa shape index (κ1) is 38.8. The monoisotopic (exact) mass is 635 g/mol. The summed E-state index contributed by atoms with van der Waals surface area (Å²) in [7, 11) is 0. The Labute approximate surface area is 272 Å². The van der Waals surface area contributed by atoms with Crippen molar-refractivity contribution in [2.45, 2.75) is 170 Å². The largest absolute Gasteiger partial charge is 0.493 e. The number of unbranched alkanes of at least 4 members (excludes halogenated alkanes) is 4. The Hall–Kier alpha value is -2.42. The van der Waals surface area contributed by atoms with Gasteiger partial charge in [0.15, 0.2) is 0 Å². The average molecular weight is 635 g/mol. The predicted octanol–water partition coefficient (Wildman–Crippen LogP) is 8.07. The van der Waals surface area contributed by atoms with Crippen molar-refractivity contribution in [1.82, 2.24) is 18.3 Å². The van der Waals surface area contributed by atoms with Crippen LogP contribution in [-0.4, -0.2) is 41.7 Å². The zero-order chi connectivity index (χ0) is 33.3. The van der Waals surface area contributed by atoms with Gasteiger partial charge in [-0.15, -0.1) is 0 Å². The zero-order valence-corrected chi connectivity index (χ0v) is 29.6. The highest BCUT2D eigenvalue weighted by molar-refractivity contribution is 5.05. The normalized spacial score (nSPS) is 12.4. The fourth-order valence-electron chi connectivity index (χ4n) is 7.12. The minimum Gasteiger partial charge on any atom is -0.493 e. The molecule has 9 nitrogen and oxygen atoms in total. The molecule has 260 valence electrons. The average Bonchev–Trinajstić information content (AvgIpc) is 3.49. The molecule has 0 bridgehead atoms. The van der Waals surface area contributed by atoms with Gasteiger partial charge in [0.25, 0.3) is 0 Å². The van der Waals surface area contributed by atoms with Crippen LogP contribution in [0, 0.1) is 10.8 Å². The highest BCUT2D eigenvalue weighted by atomic mass is 16.5. The van der Waals surface area contributed by atoms with Crippen LogP contribution >= 0.6 is 0 Å². The van der Waals surface area contributed by atoms with Crippen LogP contribution in [-0.2, 0) is 30.9 Å². The van der Waals surface area contributed by atoms with E-state index in [1.807, 2.05) is 13.8 Å². The molecule has 2 aromatic heterocycles. The molecular formula is C36H66N4O5. The molecule has 2 heterocycles. The van der Waals surface area contributed by atoms with Gasteiger partial charge in [-0.25, -0.2) is 9.59 Å². The number of ether oxygens (including phenoxy) is 1. The number of aryl methyl sites for hydroxylation is 2. The summed E-state index contributed by atoms with van der Waals surface area (Å²) < 4.78 is 12.1. The molecule has 0 radical (unpaired) electrons. The Morgan fingerprint density at radius 1 is 0.556 bits per heavy atom. The van der Waals surface area contributed by atoms with Crippen molar-refractivity contribution in [2.75, 3.05) is 13.2 Å². The van der Waals surface area contributed by atoms with Crippen LogP contribution in [0.15, 0.2) is 22.0 Å². The Bertz CT molecular complexity index is 1110. The van der Waals surface area contributed by atoms with Crippen LogP contribution in [0.5, 0.6) is 11.8 Å². The minimum atomic E-state index is -0.116. The number of rotatable bonds is 26. The number of imidazole rings is 2. The Morgan fingerprint density at radius 2 is 0.889 bits per heavy atom. The van der Waals surface area contributed by atoms with E-state index in [1.54, 1.807) is 9.13 Å². The highest BCUT2D eigenvalue weighted by Crippen LogP contribution is 2.39. The van der Waals surface area contributed by atoms with Crippen molar-refractivity contribution < 1.29 is 14.9 Å². The van der Waals surface area contributed by atoms with Gasteiger partial charge in [-0.2, -0.15) is 0 Å². The van der Waals surface area contributed by atoms with Crippen LogP contribution in [0.3, 0.4) is 0 Å². The third-order valence-corrected chi connectivity index (χ3v) is 10.9. The van der Waals surface area contributed by atoms with Gasteiger partial charge >= 0.3 is 11.4 Å². The number of hydrogen-bond donors (Lipinski definition) is 2. The highest BCUT2D eigenvalue weighted by Gasteiger charge is 2.26. The first-order chi connectivity index (χ1) is 21.6. The van der Waals surface area contributed by atoms with Crippen LogP contribution < -0.4 is 11.4 Å². The van der Waals surface area contributed by atoms with Crippen LogP contribution in [0.4, 0.5) is 0 Å². The summed E-state index contributed by atoms with van der Waals surface area (Å²) in [5, 5.41) is 20.2. The molecule has 0 aromatic carbocycles. The molecular weight excluding hydrogens is 568 g/mol. The van der Waals surface area contributed by atoms with Gasteiger partial charge in [-0.1, -0.05) is 79.1 Å². The van der Waals surface area contributed by atoms with Crippen molar-refractivity contribution in [3.63, 3.8) is 0 Å². The standard InChI is InChI=1S/C36H66N4O5/c1-7-35(8-2,21-13-17-25-39-31(41)29-37(11-5)33(39)43)23-15-19-27-45-28-20-16-24-36(9-3,10-4)22-14-18-26-40-32(42)30-38(12-6)34(40)44/h29-30,41-42H,7-28H2,1-6H3. The molecule has 2 N–H and O–H groups in total. The Kier molecular flexibility index (Phi) is 17.2. The summed E-state index contributed by atoms with van der Waals surface area (Å²) in [4.78, 5) is 24.7. The van der Waals surface area contributed by atoms with Gasteiger partial charge in [0.05, 0.1) is 12.4 Å². The Balaban J connectivity index is 1.61. The van der Waals surface area contributed by atoms with Crippen LogP contribution in [0.2, 0.25) is 0 Å². The lowest BCUT2D eigenvalue weighted by Gasteiger charge is -2.32. The SMILES string of the molecule is CCn1cc(O)n(CCCCC(CC)(CC)CCCCOCCCCC(CC)(CC)CCCCn2c(O)cn(CC)c2=O)c1=O. The van der Waals surface area contributed by atoms with Gasteiger partial charge in [0.2, 0.25) is 11.8 Å². The molecule has 9 heteroatoms. The van der Waals surface area contributed by atoms with Gasteiger partial charge in [0, 0.05) is 39.4 Å². The second-order valence-electron chi connectivity index (χ2n) is 13.3. The number of hydrogen-bond acceptors (Lipinski definition) is 5. The summed E-state index contributed by atoms with van der Waals surface area (Å²) in [6.45, 7) is 17.0. The van der Waals surface area contributed by atoms with E-state index in [-0.39, 0.29) is 23.1 Å². The molecule has 0 aliphatic rings. The molecule has 0 atom stereocenters. The summed E-state index contributed by atoms with van der Waals surface area (Å²) in [5.74, 6) is 0.142. The Morgan fingerprint density at radius 3 is 1.18 bits per heavy atom. The summed E-state index contributed by atoms with van der Waals surface area (Å²) in [5.41, 5.74) is 0.468. The lowest BCUT2D eigenvalue weighted by Crippen LogP contribution is -2.24. The van der Waals surface area contributed by atoms with Crippen molar-refractivity contribution in [2.24, 2.45) is 10.8 Å². The molecule has 45 heavy (non-hydrogen) atoms. The fraction of sp³-hybridized carbons (Fsp3) is 0.833. The second kappa shape index (κ2) is 20.0. The molecule has 0 aliphatic carbocycles. The summed E-state index contributed by atoms with van der Waals surface area (Å²) in [6, 6.07) is 0. The van der Waals surface area contributed by atoms with E-state index < -0.39 is 0 Å². The van der Waals surface area contributed by atoms with E-state index in [1.165, 1.54) is 72.9 Å². The van der Waals surface area contributed by atoms with Crippen molar-refractivity contribution in [3.8, 4) is 11.8 Å². The fourth-order valence-corrected chi connectivity index (χ4v) is 7.12. The number of nitrogens with zero attached hydrogens (tertiary/aromatic N) is 4. The summed E-state index contributed by atoms with van der Waals surface area (Å²) >= 11 is 0. The third-order valence-electron chi connectivity index (χ3n) is 10.9. The second-order valence-corrected chi connectivity index (χ2v) is 13.3. The maximum absolute atomic E-state index is 12.3. The molecule has 0 aliphatic heterocycles. The van der Waals surface area contributed by atoms with Gasteiger partial charge in [0.1, 0.15) is 0 Å². The number of aromatic nitrogens is 4. The smallest absolute Gasteiger partial charge is 0.331 e. The van der Waals surface area contributed by atoms with E-state index in [0.29, 0.717) is 37.0 Å². The molecule has 2 aromatic rings. The minimum absolute atomic E-state index is 0.0708. The molecule has 0 unspecified atom stereocenters. The van der Waals surface area contributed by atoms with Crippen molar-refractivity contribution >= 4 is 0 Å². The van der Waals surface area contributed by atoms with E-state index in [0.717, 1.165) is 64.6 Å². The van der Waals surface area contributed by atoms with E-state index >= 15 is 0 Å². The van der Waals surface area contributed by atoms with Crippen LogP contribution in [0.1, 0.15) is 144 Å². The van der Waals surface area contributed by atoms with Crippen molar-refractivity contribution in [1.29, 1.82) is 0 Å².